The maximum absolute atomic E-state index is 12.1. The second-order valence-electron chi connectivity index (χ2n) is 4.77. The van der Waals surface area contributed by atoms with Crippen LogP contribution in [0.4, 0.5) is 5.69 Å². The number of carbonyl (C=O) groups is 1. The number of nitro groups is 1. The fraction of sp³-hybridized carbons (Fsp3) is 0.500. The van der Waals surface area contributed by atoms with Crippen LogP contribution in [0.3, 0.4) is 0 Å². The Labute approximate surface area is 120 Å². The smallest absolute Gasteiger partial charge is 0.300 e. The van der Waals surface area contributed by atoms with Gasteiger partial charge in [-0.25, -0.2) is 4.98 Å². The van der Waals surface area contributed by atoms with Crippen molar-refractivity contribution in [3.63, 3.8) is 0 Å². The summed E-state index contributed by atoms with van der Waals surface area (Å²) in [6, 6.07) is 0.992. The van der Waals surface area contributed by atoms with E-state index in [0.717, 1.165) is 19.0 Å². The lowest BCUT2D eigenvalue weighted by molar-refractivity contribution is -0.385. The maximum atomic E-state index is 12.1. The molecule has 1 aliphatic carbocycles. The van der Waals surface area contributed by atoms with E-state index in [1.165, 1.54) is 6.07 Å². The van der Waals surface area contributed by atoms with Crippen molar-refractivity contribution in [1.82, 2.24) is 10.3 Å². The number of halogens is 1. The molecule has 108 valence electrons. The predicted molar refractivity (Wildman–Crippen MR) is 71.6 cm³/mol. The molecule has 20 heavy (non-hydrogen) atoms. The number of nitrogens with one attached hydrogen (secondary N) is 1. The van der Waals surface area contributed by atoms with E-state index in [-0.39, 0.29) is 22.4 Å². The molecule has 1 aromatic rings. The molecule has 0 saturated heterocycles. The van der Waals surface area contributed by atoms with Crippen molar-refractivity contribution >= 4 is 23.2 Å². The number of aromatic nitrogens is 1. The van der Waals surface area contributed by atoms with Gasteiger partial charge in [-0.05, 0) is 31.7 Å². The first kappa shape index (κ1) is 14.7. The third kappa shape index (κ3) is 3.43. The number of nitrogens with zero attached hydrogens (tertiary/aromatic N) is 2. The van der Waals surface area contributed by atoms with E-state index in [1.807, 2.05) is 0 Å². The minimum atomic E-state index is -0.673. The van der Waals surface area contributed by atoms with Crippen LogP contribution in [0.5, 0.6) is 0 Å². The lowest BCUT2D eigenvalue weighted by atomic mass is 9.93. The Bertz CT molecular complexity index is 537. The van der Waals surface area contributed by atoms with Gasteiger partial charge in [0.2, 0.25) is 0 Å². The number of rotatable bonds is 3. The molecule has 1 aromatic heterocycles. The van der Waals surface area contributed by atoms with E-state index in [1.54, 1.807) is 0 Å². The highest BCUT2D eigenvalue weighted by atomic mass is 35.5. The Morgan fingerprint density at radius 2 is 2.30 bits per heavy atom. The number of hydrogen-bond donors (Lipinski definition) is 2. The van der Waals surface area contributed by atoms with Gasteiger partial charge in [0.05, 0.1) is 11.0 Å². The molecular formula is C12H14ClN3O4. The Morgan fingerprint density at radius 3 is 2.95 bits per heavy atom. The van der Waals surface area contributed by atoms with Gasteiger partial charge in [0, 0.05) is 6.04 Å². The molecule has 7 nitrogen and oxygen atoms in total. The Hall–Kier alpha value is -1.73. The normalized spacial score (nSPS) is 22.3. The molecule has 8 heteroatoms. The maximum Gasteiger partial charge on any atom is 0.300 e. The highest BCUT2D eigenvalue weighted by Crippen LogP contribution is 2.22. The van der Waals surface area contributed by atoms with Crippen molar-refractivity contribution in [1.29, 1.82) is 0 Å². The van der Waals surface area contributed by atoms with E-state index >= 15 is 0 Å². The predicted octanol–water partition coefficient (Wildman–Crippen LogP) is 1.68. The van der Waals surface area contributed by atoms with Gasteiger partial charge in [-0.1, -0.05) is 11.6 Å². The molecule has 1 aliphatic rings. The number of amides is 1. The van der Waals surface area contributed by atoms with Gasteiger partial charge in [0.15, 0.2) is 0 Å². The third-order valence-corrected chi connectivity index (χ3v) is 3.48. The summed E-state index contributed by atoms with van der Waals surface area (Å²) in [4.78, 5) is 25.9. The summed E-state index contributed by atoms with van der Waals surface area (Å²) in [5, 5.41) is 23.2. The molecule has 1 fully saturated rings. The van der Waals surface area contributed by atoms with Crippen LogP contribution < -0.4 is 5.32 Å². The molecule has 0 radical (unpaired) electrons. The minimum Gasteiger partial charge on any atom is -0.393 e. The molecular weight excluding hydrogens is 286 g/mol. The van der Waals surface area contributed by atoms with Crippen LogP contribution in [0.2, 0.25) is 5.15 Å². The molecule has 1 saturated carbocycles. The topological polar surface area (TPSA) is 105 Å². The van der Waals surface area contributed by atoms with Gasteiger partial charge in [-0.3, -0.25) is 14.9 Å². The van der Waals surface area contributed by atoms with Gasteiger partial charge in [-0.15, -0.1) is 0 Å². The van der Waals surface area contributed by atoms with Crippen LogP contribution in [-0.2, 0) is 0 Å². The van der Waals surface area contributed by atoms with Gasteiger partial charge in [-0.2, -0.15) is 0 Å². The number of aliphatic hydroxyl groups excluding tert-OH is 1. The zero-order valence-electron chi connectivity index (χ0n) is 10.6. The molecule has 0 aliphatic heterocycles. The van der Waals surface area contributed by atoms with E-state index in [2.05, 4.69) is 10.3 Å². The quantitative estimate of drug-likeness (QED) is 0.502. The van der Waals surface area contributed by atoms with Crippen molar-refractivity contribution in [2.24, 2.45) is 0 Å². The van der Waals surface area contributed by atoms with Gasteiger partial charge >= 0.3 is 0 Å². The average Bonchev–Trinajstić information content (AvgIpc) is 2.38. The van der Waals surface area contributed by atoms with Crippen LogP contribution in [-0.4, -0.2) is 33.1 Å². The minimum absolute atomic E-state index is 0.0180. The fourth-order valence-electron chi connectivity index (χ4n) is 2.31. The summed E-state index contributed by atoms with van der Waals surface area (Å²) in [5.74, 6) is -0.569. The first-order chi connectivity index (χ1) is 9.47. The highest BCUT2D eigenvalue weighted by Gasteiger charge is 2.26. The van der Waals surface area contributed by atoms with Crippen LogP contribution in [0.25, 0.3) is 0 Å². The Balaban J connectivity index is 2.16. The van der Waals surface area contributed by atoms with E-state index in [4.69, 9.17) is 11.6 Å². The third-order valence-electron chi connectivity index (χ3n) is 3.27. The molecule has 1 amide bonds. The summed E-state index contributed by atoms with van der Waals surface area (Å²) < 4.78 is 0. The lowest BCUT2D eigenvalue weighted by Crippen LogP contribution is -2.40. The summed E-state index contributed by atoms with van der Waals surface area (Å²) >= 11 is 5.68. The van der Waals surface area contributed by atoms with E-state index in [0.29, 0.717) is 12.8 Å². The van der Waals surface area contributed by atoms with Crippen molar-refractivity contribution in [2.75, 3.05) is 0 Å². The van der Waals surface area contributed by atoms with Crippen molar-refractivity contribution in [3.05, 3.63) is 33.1 Å². The number of carbonyl (C=O) groups excluding carboxylic acids is 1. The second-order valence-corrected chi connectivity index (χ2v) is 5.16. The van der Waals surface area contributed by atoms with Crippen molar-refractivity contribution in [2.45, 2.75) is 37.8 Å². The van der Waals surface area contributed by atoms with E-state index < -0.39 is 16.9 Å². The molecule has 2 rings (SSSR count). The monoisotopic (exact) mass is 299 g/mol. The van der Waals surface area contributed by atoms with E-state index in [9.17, 15) is 20.0 Å². The van der Waals surface area contributed by atoms with Crippen LogP contribution in [0.1, 0.15) is 36.0 Å². The molecule has 0 spiro atoms. The molecule has 2 unspecified atom stereocenters. The summed E-state index contributed by atoms with van der Waals surface area (Å²) in [7, 11) is 0. The number of pyridine rings is 1. The Kier molecular flexibility index (Phi) is 4.51. The lowest BCUT2D eigenvalue weighted by Gasteiger charge is -2.26. The van der Waals surface area contributed by atoms with Crippen molar-refractivity contribution < 1.29 is 14.8 Å². The Morgan fingerprint density at radius 1 is 1.55 bits per heavy atom. The highest BCUT2D eigenvalue weighted by molar-refractivity contribution is 6.29. The SMILES string of the molecule is O=C(NC1CCCC(O)C1)c1cc(Cl)ncc1[N+](=O)[O-]. The fourth-order valence-corrected chi connectivity index (χ4v) is 2.47. The first-order valence-electron chi connectivity index (χ1n) is 6.26. The van der Waals surface area contributed by atoms with Gasteiger partial charge in [0.1, 0.15) is 16.9 Å². The molecule has 0 aromatic carbocycles. The summed E-state index contributed by atoms with van der Waals surface area (Å²) in [5.41, 5.74) is -0.502. The van der Waals surface area contributed by atoms with Crippen LogP contribution in [0, 0.1) is 10.1 Å². The second kappa shape index (κ2) is 6.15. The number of hydrogen-bond acceptors (Lipinski definition) is 5. The zero-order valence-corrected chi connectivity index (χ0v) is 11.3. The van der Waals surface area contributed by atoms with Crippen LogP contribution in [0.15, 0.2) is 12.3 Å². The number of aliphatic hydroxyl groups is 1. The summed E-state index contributed by atoms with van der Waals surface area (Å²) in [6.07, 6.45) is 3.25. The van der Waals surface area contributed by atoms with Gasteiger partial charge in [0.25, 0.3) is 11.6 Å². The standard InChI is InChI=1S/C12H14ClN3O4/c13-11-5-9(10(6-14-11)16(19)20)12(18)15-7-2-1-3-8(17)4-7/h5-8,17H,1-4H2,(H,15,18). The largest absolute Gasteiger partial charge is 0.393 e. The molecule has 2 N–H and O–H groups in total. The van der Waals surface area contributed by atoms with Crippen molar-refractivity contribution in [3.8, 4) is 0 Å². The van der Waals surface area contributed by atoms with Crippen LogP contribution >= 0.6 is 11.6 Å². The van der Waals surface area contributed by atoms with Gasteiger partial charge < -0.3 is 10.4 Å². The molecule has 2 atom stereocenters. The summed E-state index contributed by atoms with van der Waals surface area (Å²) in [6.45, 7) is 0. The molecule has 0 bridgehead atoms. The average molecular weight is 300 g/mol. The first-order valence-corrected chi connectivity index (χ1v) is 6.64. The molecule has 1 heterocycles. The zero-order chi connectivity index (χ0) is 14.7.